The van der Waals surface area contributed by atoms with Crippen molar-refractivity contribution in [3.8, 4) is 0 Å². The van der Waals surface area contributed by atoms with E-state index in [1.165, 1.54) is 4.90 Å². The monoisotopic (exact) mass is 439 g/mol. The largest absolute Gasteiger partial charge is 0.480 e. The fourth-order valence-corrected chi connectivity index (χ4v) is 4.04. The Morgan fingerprint density at radius 1 is 1.10 bits per heavy atom. The molecule has 31 heavy (non-hydrogen) atoms. The molecule has 2 heterocycles. The highest BCUT2D eigenvalue weighted by Crippen LogP contribution is 2.21. The Bertz CT molecular complexity index is 706. The van der Waals surface area contributed by atoms with Gasteiger partial charge in [0.05, 0.1) is 12.5 Å². The van der Waals surface area contributed by atoms with E-state index in [1.807, 2.05) is 13.8 Å². The van der Waals surface area contributed by atoms with E-state index in [4.69, 9.17) is 5.73 Å². The number of amides is 4. The van der Waals surface area contributed by atoms with Crippen molar-refractivity contribution in [2.45, 2.75) is 76.5 Å². The Morgan fingerprint density at radius 2 is 1.81 bits per heavy atom. The summed E-state index contributed by atoms with van der Waals surface area (Å²) in [6.07, 6.45) is 2.42. The molecule has 0 aromatic rings. The fraction of sp³-hybridized carbons (Fsp3) is 0.750. The third-order valence-electron chi connectivity index (χ3n) is 5.56. The lowest BCUT2D eigenvalue weighted by atomic mass is 10.0. The highest BCUT2D eigenvalue weighted by molar-refractivity contribution is 5.96. The number of nitrogens with two attached hydrogens (primary N) is 1. The minimum absolute atomic E-state index is 0.00726. The van der Waals surface area contributed by atoms with E-state index < -0.39 is 48.2 Å². The van der Waals surface area contributed by atoms with Gasteiger partial charge in [-0.15, -0.1) is 0 Å². The van der Waals surface area contributed by atoms with Crippen molar-refractivity contribution < 1.29 is 29.1 Å². The van der Waals surface area contributed by atoms with Gasteiger partial charge in [0.2, 0.25) is 23.6 Å². The van der Waals surface area contributed by atoms with Gasteiger partial charge < -0.3 is 31.7 Å². The van der Waals surface area contributed by atoms with Gasteiger partial charge in [0.25, 0.3) is 0 Å². The molecule has 2 aliphatic rings. The van der Waals surface area contributed by atoms with E-state index >= 15 is 0 Å². The van der Waals surface area contributed by atoms with Gasteiger partial charge >= 0.3 is 5.97 Å². The van der Waals surface area contributed by atoms with E-state index in [0.29, 0.717) is 25.8 Å². The third-order valence-corrected chi connectivity index (χ3v) is 5.56. The number of likely N-dealkylation sites (tertiary alicyclic amines) is 1. The summed E-state index contributed by atoms with van der Waals surface area (Å²) < 4.78 is 0. The number of hydrogen-bond donors (Lipinski definition) is 5. The van der Waals surface area contributed by atoms with Crippen molar-refractivity contribution in [1.29, 1.82) is 0 Å². The number of hydrogen-bond acceptors (Lipinski definition) is 6. The van der Waals surface area contributed by atoms with Crippen LogP contribution in [0.5, 0.6) is 0 Å². The number of nitrogens with zero attached hydrogens (tertiary/aromatic N) is 1. The van der Waals surface area contributed by atoms with Gasteiger partial charge in [-0.25, -0.2) is 4.79 Å². The Balaban J connectivity index is 2.07. The molecular weight excluding hydrogens is 406 g/mol. The molecule has 0 spiro atoms. The molecule has 4 atom stereocenters. The lowest BCUT2D eigenvalue weighted by molar-refractivity contribution is -0.143. The molecular formula is C20H33N5O6. The van der Waals surface area contributed by atoms with Crippen LogP contribution in [-0.2, 0) is 24.0 Å². The molecule has 4 amide bonds. The summed E-state index contributed by atoms with van der Waals surface area (Å²) in [6, 6.07) is -3.53. The van der Waals surface area contributed by atoms with E-state index in [9.17, 15) is 29.1 Å². The van der Waals surface area contributed by atoms with Crippen molar-refractivity contribution in [2.75, 3.05) is 13.1 Å². The molecule has 2 fully saturated rings. The first kappa shape index (κ1) is 24.6. The second-order valence-corrected chi connectivity index (χ2v) is 8.60. The molecule has 2 saturated heterocycles. The van der Waals surface area contributed by atoms with Crippen LogP contribution >= 0.6 is 0 Å². The van der Waals surface area contributed by atoms with Crippen LogP contribution in [0.4, 0.5) is 0 Å². The summed E-state index contributed by atoms with van der Waals surface area (Å²) in [4.78, 5) is 62.7. The summed E-state index contributed by atoms with van der Waals surface area (Å²) in [5.41, 5.74) is 5.23. The smallest absolute Gasteiger partial charge is 0.326 e. The van der Waals surface area contributed by atoms with Gasteiger partial charge in [0, 0.05) is 6.54 Å². The van der Waals surface area contributed by atoms with Gasteiger partial charge in [-0.2, -0.15) is 0 Å². The maximum atomic E-state index is 12.9. The van der Waals surface area contributed by atoms with Gasteiger partial charge in [-0.1, -0.05) is 13.8 Å². The van der Waals surface area contributed by atoms with E-state index in [1.54, 1.807) is 0 Å². The molecule has 6 N–H and O–H groups in total. The zero-order valence-electron chi connectivity index (χ0n) is 18.1. The van der Waals surface area contributed by atoms with Crippen LogP contribution < -0.4 is 21.7 Å². The first-order valence-electron chi connectivity index (χ1n) is 10.8. The van der Waals surface area contributed by atoms with Crippen molar-refractivity contribution in [3.63, 3.8) is 0 Å². The number of carbonyl (C=O) groups excluding carboxylic acids is 4. The molecule has 11 nitrogen and oxygen atoms in total. The van der Waals surface area contributed by atoms with Gasteiger partial charge in [0.15, 0.2) is 0 Å². The topological polar surface area (TPSA) is 171 Å². The molecule has 0 saturated carbocycles. The molecule has 2 aliphatic heterocycles. The lowest BCUT2D eigenvalue weighted by Crippen LogP contribution is -2.57. The summed E-state index contributed by atoms with van der Waals surface area (Å²) >= 11 is 0. The Morgan fingerprint density at radius 3 is 2.35 bits per heavy atom. The number of carboxylic acids is 1. The van der Waals surface area contributed by atoms with Gasteiger partial charge in [-0.05, 0) is 44.6 Å². The highest BCUT2D eigenvalue weighted by Gasteiger charge is 2.39. The van der Waals surface area contributed by atoms with Crippen LogP contribution in [0.15, 0.2) is 0 Å². The number of rotatable bonds is 10. The summed E-state index contributed by atoms with van der Waals surface area (Å²) in [7, 11) is 0. The lowest BCUT2D eigenvalue weighted by Gasteiger charge is -2.28. The zero-order chi connectivity index (χ0) is 23.1. The average molecular weight is 440 g/mol. The average Bonchev–Trinajstić information content (AvgIpc) is 3.37. The number of aliphatic carboxylic acids is 1. The predicted octanol–water partition coefficient (Wildman–Crippen LogP) is -1.29. The summed E-state index contributed by atoms with van der Waals surface area (Å²) in [6.45, 7) is 4.83. The zero-order valence-corrected chi connectivity index (χ0v) is 18.1. The van der Waals surface area contributed by atoms with Crippen molar-refractivity contribution in [3.05, 3.63) is 0 Å². The minimum Gasteiger partial charge on any atom is -0.480 e. The normalized spacial score (nSPS) is 22.7. The molecule has 0 bridgehead atoms. The summed E-state index contributed by atoms with van der Waals surface area (Å²) in [5, 5.41) is 17.3. The molecule has 0 aromatic carbocycles. The Kier molecular flexibility index (Phi) is 8.78. The maximum absolute atomic E-state index is 12.9. The first-order valence-corrected chi connectivity index (χ1v) is 10.8. The van der Waals surface area contributed by atoms with Crippen molar-refractivity contribution >= 4 is 29.6 Å². The molecule has 0 aliphatic carbocycles. The quantitative estimate of drug-likeness (QED) is 0.282. The standard InChI is InChI=1S/C20H33N5O6/c1-11(2)9-14(20(30)31)24-17(27)13(10-16(21)26)23-18(28)15-6-4-8-25(15)19(29)12-5-3-7-22-12/h11-15,22H,3-10H2,1-2H3,(H2,21,26)(H,23,28)(H,24,27)(H,30,31). The highest BCUT2D eigenvalue weighted by atomic mass is 16.4. The van der Waals surface area contributed by atoms with Crippen molar-refractivity contribution in [2.24, 2.45) is 11.7 Å². The van der Waals surface area contributed by atoms with Crippen LogP contribution in [0.3, 0.4) is 0 Å². The van der Waals surface area contributed by atoms with E-state index in [-0.39, 0.29) is 24.3 Å². The van der Waals surface area contributed by atoms with E-state index in [2.05, 4.69) is 16.0 Å². The first-order chi connectivity index (χ1) is 14.6. The van der Waals surface area contributed by atoms with Gasteiger partial charge in [0.1, 0.15) is 18.1 Å². The number of carbonyl (C=O) groups is 5. The van der Waals surface area contributed by atoms with Crippen molar-refractivity contribution in [1.82, 2.24) is 20.9 Å². The van der Waals surface area contributed by atoms with Crippen LogP contribution in [0.1, 0.15) is 52.4 Å². The fourth-order valence-electron chi connectivity index (χ4n) is 4.04. The molecule has 2 rings (SSSR count). The maximum Gasteiger partial charge on any atom is 0.326 e. The van der Waals surface area contributed by atoms with Crippen LogP contribution in [-0.4, -0.2) is 76.9 Å². The SMILES string of the molecule is CC(C)CC(NC(=O)C(CC(N)=O)NC(=O)C1CCCN1C(=O)C1CCCN1)C(=O)O. The molecule has 0 radical (unpaired) electrons. The number of primary amides is 1. The second-order valence-electron chi connectivity index (χ2n) is 8.60. The van der Waals surface area contributed by atoms with E-state index in [0.717, 1.165) is 13.0 Å². The molecule has 0 aromatic heterocycles. The third kappa shape index (κ3) is 6.91. The summed E-state index contributed by atoms with van der Waals surface area (Å²) in [5.74, 6) is -3.51. The Labute approximate surface area is 181 Å². The molecule has 174 valence electrons. The van der Waals surface area contributed by atoms with Gasteiger partial charge in [-0.3, -0.25) is 19.2 Å². The van der Waals surface area contributed by atoms with Crippen LogP contribution in [0.25, 0.3) is 0 Å². The Hall–Kier alpha value is -2.69. The second kappa shape index (κ2) is 11.1. The molecule has 4 unspecified atom stereocenters. The number of carboxylic acid groups (broad SMARTS) is 1. The predicted molar refractivity (Wildman–Crippen MR) is 111 cm³/mol. The van der Waals surface area contributed by atoms with Crippen LogP contribution in [0, 0.1) is 5.92 Å². The minimum atomic E-state index is -1.32. The van der Waals surface area contributed by atoms with Crippen LogP contribution in [0.2, 0.25) is 0 Å². The molecule has 11 heteroatoms. The number of nitrogens with one attached hydrogen (secondary N) is 3.